The number of thiazole rings is 1. The monoisotopic (exact) mass is 534 g/mol. The summed E-state index contributed by atoms with van der Waals surface area (Å²) in [4.78, 5) is 32.0. The van der Waals surface area contributed by atoms with Crippen molar-refractivity contribution < 1.29 is 23.7 Å². The fourth-order valence-corrected chi connectivity index (χ4v) is 5.35. The summed E-state index contributed by atoms with van der Waals surface area (Å²) in [6.07, 6.45) is 3.43. The number of fused-ring (bicyclic) bond motifs is 1. The van der Waals surface area contributed by atoms with Gasteiger partial charge >= 0.3 is 5.97 Å². The van der Waals surface area contributed by atoms with E-state index in [2.05, 4.69) is 11.6 Å². The lowest BCUT2D eigenvalue weighted by Crippen LogP contribution is -2.40. The molecule has 1 aliphatic heterocycles. The highest BCUT2D eigenvalue weighted by Crippen LogP contribution is 2.33. The van der Waals surface area contributed by atoms with E-state index in [1.54, 1.807) is 56.9 Å². The minimum Gasteiger partial charge on any atom is -0.496 e. The molecule has 3 aromatic rings. The highest BCUT2D eigenvalue weighted by molar-refractivity contribution is 7.07. The average molecular weight is 535 g/mol. The number of carbonyl (C=O) groups is 1. The molecule has 0 radical (unpaired) electrons. The molecular formula is C29H30N2O6S. The van der Waals surface area contributed by atoms with E-state index >= 15 is 0 Å². The minimum atomic E-state index is -0.717. The van der Waals surface area contributed by atoms with Crippen molar-refractivity contribution in [2.45, 2.75) is 26.8 Å². The predicted molar refractivity (Wildman–Crippen MR) is 147 cm³/mol. The molecule has 1 atom stereocenters. The molecule has 0 saturated carbocycles. The van der Waals surface area contributed by atoms with Crippen LogP contribution in [0.25, 0.3) is 6.08 Å². The maximum absolute atomic E-state index is 13.8. The van der Waals surface area contributed by atoms with E-state index in [9.17, 15) is 9.59 Å². The summed E-state index contributed by atoms with van der Waals surface area (Å²) in [6, 6.07) is 10.4. The summed E-state index contributed by atoms with van der Waals surface area (Å²) in [5.74, 6) is 1.27. The van der Waals surface area contributed by atoms with Gasteiger partial charge in [-0.05, 0) is 61.7 Å². The summed E-state index contributed by atoms with van der Waals surface area (Å²) < 4.78 is 24.0. The number of rotatable bonds is 9. The number of methoxy groups -OCH3 is 2. The second-order valence-corrected chi connectivity index (χ2v) is 9.55. The molecule has 2 aromatic carbocycles. The second-order valence-electron chi connectivity index (χ2n) is 8.54. The highest BCUT2D eigenvalue weighted by Gasteiger charge is 2.33. The Labute approximate surface area is 224 Å². The third kappa shape index (κ3) is 5.15. The number of carbonyl (C=O) groups excluding carboxylic acids is 1. The normalized spacial score (nSPS) is 15.0. The van der Waals surface area contributed by atoms with E-state index in [1.807, 2.05) is 31.2 Å². The Kier molecular flexibility index (Phi) is 8.16. The average Bonchev–Trinajstić information content (AvgIpc) is 3.21. The van der Waals surface area contributed by atoms with Crippen LogP contribution in [-0.2, 0) is 9.53 Å². The van der Waals surface area contributed by atoms with E-state index in [0.717, 1.165) is 16.7 Å². The molecule has 0 fully saturated rings. The van der Waals surface area contributed by atoms with Crippen molar-refractivity contribution in [3.05, 3.63) is 96.7 Å². The van der Waals surface area contributed by atoms with Crippen molar-refractivity contribution in [3.8, 4) is 17.2 Å². The van der Waals surface area contributed by atoms with Crippen LogP contribution in [0.1, 0.15) is 36.6 Å². The molecule has 1 aliphatic rings. The first-order chi connectivity index (χ1) is 18.3. The molecule has 0 saturated heterocycles. The lowest BCUT2D eigenvalue weighted by atomic mass is 9.95. The zero-order valence-corrected chi connectivity index (χ0v) is 22.9. The van der Waals surface area contributed by atoms with Crippen LogP contribution < -0.4 is 29.1 Å². The predicted octanol–water partition coefficient (Wildman–Crippen LogP) is 3.69. The largest absolute Gasteiger partial charge is 0.496 e. The lowest BCUT2D eigenvalue weighted by Gasteiger charge is -2.25. The Bertz CT molecular complexity index is 1600. The number of hydrogen-bond acceptors (Lipinski definition) is 8. The SMILES string of the molecule is C=CCOc1ccc(C=c2sc3n(c2=O)[C@H](c2ccc(C)c(OC)c2)C(C(=O)OCC)=C(C)N=3)cc1OC. The molecule has 0 N–H and O–H groups in total. The van der Waals surface area contributed by atoms with Gasteiger partial charge in [-0.2, -0.15) is 0 Å². The van der Waals surface area contributed by atoms with Gasteiger partial charge in [0.05, 0.1) is 42.7 Å². The number of esters is 1. The summed E-state index contributed by atoms with van der Waals surface area (Å²) in [5.41, 5.74) is 2.99. The maximum atomic E-state index is 13.8. The molecule has 0 amide bonds. The number of allylic oxidation sites excluding steroid dienone is 1. The van der Waals surface area contributed by atoms with Crippen LogP contribution in [0, 0.1) is 6.92 Å². The third-order valence-electron chi connectivity index (χ3n) is 6.11. The fraction of sp³-hybridized carbons (Fsp3) is 0.276. The van der Waals surface area contributed by atoms with Crippen LogP contribution in [0.15, 0.2) is 70.1 Å². The van der Waals surface area contributed by atoms with Gasteiger partial charge < -0.3 is 18.9 Å². The Morgan fingerprint density at radius 1 is 1.11 bits per heavy atom. The topological polar surface area (TPSA) is 88.4 Å². The molecule has 198 valence electrons. The van der Waals surface area contributed by atoms with Crippen LogP contribution in [0.4, 0.5) is 0 Å². The molecule has 0 spiro atoms. The number of aryl methyl sites for hydroxylation is 1. The number of aromatic nitrogens is 1. The summed E-state index contributed by atoms with van der Waals surface area (Å²) in [5, 5.41) is 0. The maximum Gasteiger partial charge on any atom is 0.338 e. The standard InChI is InChI=1S/C29H30N2O6S/c1-7-13-37-21-12-10-19(14-23(21)35-6)15-24-27(32)31-26(20-11-9-17(3)22(16-20)34-5)25(28(33)36-8-2)18(4)30-29(31)38-24/h7,9-12,14-16,26H,1,8,13H2,2-6H3/t26-/m1/s1. The number of benzene rings is 2. The molecule has 4 rings (SSSR count). The van der Waals surface area contributed by atoms with Crippen LogP contribution in [0.3, 0.4) is 0 Å². The highest BCUT2D eigenvalue weighted by atomic mass is 32.1. The van der Waals surface area contributed by atoms with Gasteiger partial charge in [-0.15, -0.1) is 0 Å². The summed E-state index contributed by atoms with van der Waals surface area (Å²) >= 11 is 1.26. The van der Waals surface area contributed by atoms with Crippen molar-refractivity contribution >= 4 is 23.4 Å². The Balaban J connectivity index is 1.90. The van der Waals surface area contributed by atoms with Gasteiger partial charge in [0.15, 0.2) is 16.3 Å². The third-order valence-corrected chi connectivity index (χ3v) is 7.09. The van der Waals surface area contributed by atoms with Crippen molar-refractivity contribution in [2.24, 2.45) is 4.99 Å². The Hall–Kier alpha value is -4.11. The van der Waals surface area contributed by atoms with Crippen molar-refractivity contribution in [1.29, 1.82) is 0 Å². The molecule has 9 heteroatoms. The first kappa shape index (κ1) is 26.9. The quantitative estimate of drug-likeness (QED) is 0.307. The smallest absolute Gasteiger partial charge is 0.338 e. The van der Waals surface area contributed by atoms with E-state index in [0.29, 0.717) is 44.5 Å². The minimum absolute atomic E-state index is 0.207. The van der Waals surface area contributed by atoms with Gasteiger partial charge in [-0.3, -0.25) is 9.36 Å². The van der Waals surface area contributed by atoms with Crippen molar-refractivity contribution in [1.82, 2.24) is 4.57 Å². The van der Waals surface area contributed by atoms with Gasteiger partial charge in [0.1, 0.15) is 12.4 Å². The number of nitrogens with zero attached hydrogens (tertiary/aromatic N) is 2. The molecule has 38 heavy (non-hydrogen) atoms. The molecular weight excluding hydrogens is 504 g/mol. The van der Waals surface area contributed by atoms with Gasteiger partial charge in [0.2, 0.25) is 0 Å². The summed E-state index contributed by atoms with van der Waals surface area (Å²) in [6.45, 7) is 9.66. The van der Waals surface area contributed by atoms with E-state index < -0.39 is 12.0 Å². The number of hydrogen-bond donors (Lipinski definition) is 0. The number of ether oxygens (including phenoxy) is 4. The fourth-order valence-electron chi connectivity index (χ4n) is 4.31. The summed E-state index contributed by atoms with van der Waals surface area (Å²) in [7, 11) is 3.15. The van der Waals surface area contributed by atoms with Crippen LogP contribution >= 0.6 is 11.3 Å². The zero-order valence-electron chi connectivity index (χ0n) is 22.1. The van der Waals surface area contributed by atoms with Gasteiger partial charge in [0, 0.05) is 0 Å². The van der Waals surface area contributed by atoms with Gasteiger partial charge in [-0.25, -0.2) is 9.79 Å². The molecule has 2 heterocycles. The molecule has 8 nitrogen and oxygen atoms in total. The van der Waals surface area contributed by atoms with Crippen LogP contribution in [0.5, 0.6) is 17.2 Å². The molecule has 0 aliphatic carbocycles. The van der Waals surface area contributed by atoms with E-state index in [4.69, 9.17) is 18.9 Å². The first-order valence-electron chi connectivity index (χ1n) is 12.1. The molecule has 0 unspecified atom stereocenters. The van der Waals surface area contributed by atoms with Crippen LogP contribution in [0.2, 0.25) is 0 Å². The Morgan fingerprint density at radius 3 is 2.55 bits per heavy atom. The van der Waals surface area contributed by atoms with Crippen molar-refractivity contribution in [3.63, 3.8) is 0 Å². The van der Waals surface area contributed by atoms with E-state index in [1.165, 1.54) is 11.3 Å². The Morgan fingerprint density at radius 2 is 1.87 bits per heavy atom. The van der Waals surface area contributed by atoms with Crippen LogP contribution in [-0.4, -0.2) is 38.0 Å². The van der Waals surface area contributed by atoms with Crippen molar-refractivity contribution in [2.75, 3.05) is 27.4 Å². The second kappa shape index (κ2) is 11.5. The van der Waals surface area contributed by atoms with Gasteiger partial charge in [0.25, 0.3) is 5.56 Å². The zero-order chi connectivity index (χ0) is 27.4. The lowest BCUT2D eigenvalue weighted by molar-refractivity contribution is -0.139. The first-order valence-corrected chi connectivity index (χ1v) is 12.9. The molecule has 1 aromatic heterocycles. The van der Waals surface area contributed by atoms with E-state index in [-0.39, 0.29) is 12.2 Å². The molecule has 0 bridgehead atoms. The van der Waals surface area contributed by atoms with Gasteiger partial charge in [-0.1, -0.05) is 42.2 Å².